The lowest BCUT2D eigenvalue weighted by molar-refractivity contribution is 0.0945. The average Bonchev–Trinajstić information content (AvgIpc) is 3.03. The first-order valence-electron chi connectivity index (χ1n) is 5.75. The minimum atomic E-state index is -0.259. The molecule has 19 heavy (non-hydrogen) atoms. The number of fused-ring (bicyclic) bond motifs is 1. The Hall–Kier alpha value is -2.57. The molecule has 2 heterocycles. The number of ether oxygens (including phenoxy) is 2. The van der Waals surface area contributed by atoms with E-state index >= 15 is 0 Å². The molecule has 1 aliphatic rings. The lowest BCUT2D eigenvalue weighted by atomic mass is 10.2. The van der Waals surface area contributed by atoms with Crippen LogP contribution in [0.5, 0.6) is 11.5 Å². The Kier molecular flexibility index (Phi) is 2.79. The number of hydrogen-bond acceptors (Lipinski definition) is 5. The van der Waals surface area contributed by atoms with Crippen molar-refractivity contribution in [1.82, 2.24) is 20.3 Å². The van der Waals surface area contributed by atoms with Crippen LogP contribution in [0.2, 0.25) is 0 Å². The topological polar surface area (TPSA) is 78.3 Å². The van der Waals surface area contributed by atoms with Gasteiger partial charge in [0.1, 0.15) is 0 Å². The summed E-state index contributed by atoms with van der Waals surface area (Å²) >= 11 is 0. The van der Waals surface area contributed by atoms with Crippen molar-refractivity contribution in [2.45, 2.75) is 6.54 Å². The van der Waals surface area contributed by atoms with E-state index in [4.69, 9.17) is 9.47 Å². The molecule has 0 bridgehead atoms. The first-order valence-corrected chi connectivity index (χ1v) is 5.75. The molecule has 0 saturated carbocycles. The zero-order valence-corrected chi connectivity index (χ0v) is 10.3. The van der Waals surface area contributed by atoms with E-state index in [1.54, 1.807) is 7.05 Å². The highest BCUT2D eigenvalue weighted by Gasteiger charge is 2.14. The Bertz CT molecular complexity index is 623. The van der Waals surface area contributed by atoms with Crippen LogP contribution in [0.1, 0.15) is 16.1 Å². The number of aromatic nitrogens is 3. The number of aryl methyl sites for hydroxylation is 1. The maximum Gasteiger partial charge on any atom is 0.273 e. The molecule has 98 valence electrons. The summed E-state index contributed by atoms with van der Waals surface area (Å²) in [4.78, 5) is 13.1. The zero-order valence-electron chi connectivity index (χ0n) is 10.3. The van der Waals surface area contributed by atoms with Gasteiger partial charge in [0.25, 0.3) is 5.91 Å². The zero-order chi connectivity index (χ0) is 13.2. The van der Waals surface area contributed by atoms with Crippen LogP contribution in [-0.4, -0.2) is 27.7 Å². The number of benzene rings is 1. The molecule has 0 spiro atoms. The Balaban J connectivity index is 1.64. The van der Waals surface area contributed by atoms with Gasteiger partial charge in [0.2, 0.25) is 6.79 Å². The second kappa shape index (κ2) is 4.60. The minimum Gasteiger partial charge on any atom is -0.454 e. The van der Waals surface area contributed by atoms with E-state index in [1.165, 1.54) is 11.0 Å². The molecule has 1 aliphatic heterocycles. The van der Waals surface area contributed by atoms with Crippen molar-refractivity contribution in [2.75, 3.05) is 6.79 Å². The van der Waals surface area contributed by atoms with Crippen LogP contribution in [0, 0.1) is 0 Å². The van der Waals surface area contributed by atoms with Crippen LogP contribution in [0.3, 0.4) is 0 Å². The average molecular weight is 260 g/mol. The van der Waals surface area contributed by atoms with Gasteiger partial charge in [-0.2, -0.15) is 9.90 Å². The van der Waals surface area contributed by atoms with Gasteiger partial charge in [-0.1, -0.05) is 6.07 Å². The summed E-state index contributed by atoms with van der Waals surface area (Å²) in [7, 11) is 1.66. The maximum atomic E-state index is 11.8. The van der Waals surface area contributed by atoms with Crippen molar-refractivity contribution >= 4 is 5.91 Å². The van der Waals surface area contributed by atoms with Gasteiger partial charge in [0.15, 0.2) is 17.2 Å². The summed E-state index contributed by atoms with van der Waals surface area (Å²) in [5.74, 6) is 1.17. The second-order valence-corrected chi connectivity index (χ2v) is 4.09. The van der Waals surface area contributed by atoms with E-state index in [0.717, 1.165) is 11.3 Å². The van der Waals surface area contributed by atoms with Gasteiger partial charge in [-0.3, -0.25) is 4.79 Å². The first kappa shape index (κ1) is 11.5. The summed E-state index contributed by atoms with van der Waals surface area (Å²) in [5, 5.41) is 10.5. The van der Waals surface area contributed by atoms with Gasteiger partial charge < -0.3 is 14.8 Å². The van der Waals surface area contributed by atoms with Gasteiger partial charge >= 0.3 is 0 Å². The number of carbonyl (C=O) groups excluding carboxylic acids is 1. The van der Waals surface area contributed by atoms with Gasteiger partial charge in [-0.25, -0.2) is 0 Å². The smallest absolute Gasteiger partial charge is 0.273 e. The first-order chi connectivity index (χ1) is 9.22. The molecular weight excluding hydrogens is 248 g/mol. The summed E-state index contributed by atoms with van der Waals surface area (Å²) in [6, 6.07) is 5.55. The largest absolute Gasteiger partial charge is 0.454 e. The van der Waals surface area contributed by atoms with E-state index < -0.39 is 0 Å². The Morgan fingerprint density at radius 3 is 3.05 bits per heavy atom. The lowest BCUT2D eigenvalue weighted by Crippen LogP contribution is -2.23. The minimum absolute atomic E-state index is 0.241. The van der Waals surface area contributed by atoms with Crippen LogP contribution >= 0.6 is 0 Å². The van der Waals surface area contributed by atoms with Crippen LogP contribution < -0.4 is 14.8 Å². The molecule has 2 aromatic rings. The summed E-state index contributed by atoms with van der Waals surface area (Å²) in [6.45, 7) is 0.636. The van der Waals surface area contributed by atoms with Crippen LogP contribution in [0.25, 0.3) is 0 Å². The molecule has 1 N–H and O–H groups in total. The van der Waals surface area contributed by atoms with Crippen molar-refractivity contribution in [3.05, 3.63) is 35.7 Å². The number of nitrogens with zero attached hydrogens (tertiary/aromatic N) is 3. The summed E-state index contributed by atoms with van der Waals surface area (Å²) in [6.07, 6.45) is 1.43. The third-order valence-electron chi connectivity index (χ3n) is 2.72. The highest BCUT2D eigenvalue weighted by atomic mass is 16.7. The highest BCUT2D eigenvalue weighted by molar-refractivity contribution is 5.91. The molecule has 1 amide bonds. The van der Waals surface area contributed by atoms with E-state index in [1.807, 2.05) is 18.2 Å². The SMILES string of the molecule is Cn1ncc(C(=O)NCc2ccc3c(c2)OCO3)n1. The second-order valence-electron chi connectivity index (χ2n) is 4.09. The molecule has 0 unspecified atom stereocenters. The quantitative estimate of drug-likeness (QED) is 0.868. The molecule has 7 heteroatoms. The lowest BCUT2D eigenvalue weighted by Gasteiger charge is -2.04. The molecule has 0 saturated heterocycles. The van der Waals surface area contributed by atoms with Gasteiger partial charge in [-0.15, -0.1) is 5.10 Å². The molecule has 7 nitrogen and oxygen atoms in total. The standard InChI is InChI=1S/C12H12N4O3/c1-16-14-6-9(15-16)12(17)13-5-8-2-3-10-11(4-8)19-7-18-10/h2-4,6H,5,7H2,1H3,(H,13,17). The van der Waals surface area contributed by atoms with E-state index in [9.17, 15) is 4.79 Å². The molecule has 1 aromatic carbocycles. The van der Waals surface area contributed by atoms with E-state index in [2.05, 4.69) is 15.5 Å². The predicted octanol–water partition coefficient (Wildman–Crippen LogP) is 0.474. The van der Waals surface area contributed by atoms with Crippen molar-refractivity contribution in [3.8, 4) is 11.5 Å². The fourth-order valence-electron chi connectivity index (χ4n) is 1.77. The van der Waals surface area contributed by atoms with Gasteiger partial charge in [0.05, 0.1) is 6.20 Å². The predicted molar refractivity (Wildman–Crippen MR) is 64.7 cm³/mol. The fraction of sp³-hybridized carbons (Fsp3) is 0.250. The summed E-state index contributed by atoms with van der Waals surface area (Å²) in [5.41, 5.74) is 1.23. The number of hydrogen-bond donors (Lipinski definition) is 1. The van der Waals surface area contributed by atoms with Gasteiger partial charge in [0, 0.05) is 13.6 Å². The monoisotopic (exact) mass is 260 g/mol. The molecule has 3 rings (SSSR count). The number of rotatable bonds is 3. The van der Waals surface area contributed by atoms with Crippen molar-refractivity contribution in [1.29, 1.82) is 0 Å². The number of nitrogens with one attached hydrogen (secondary N) is 1. The Morgan fingerprint density at radius 2 is 2.26 bits per heavy atom. The third-order valence-corrected chi connectivity index (χ3v) is 2.72. The third kappa shape index (κ3) is 2.35. The maximum absolute atomic E-state index is 11.8. The number of amides is 1. The van der Waals surface area contributed by atoms with Crippen molar-refractivity contribution in [3.63, 3.8) is 0 Å². The Morgan fingerprint density at radius 1 is 1.42 bits per heavy atom. The molecule has 1 aromatic heterocycles. The number of carbonyl (C=O) groups is 1. The van der Waals surface area contributed by atoms with E-state index in [-0.39, 0.29) is 12.7 Å². The molecule has 0 fully saturated rings. The van der Waals surface area contributed by atoms with Crippen LogP contribution in [-0.2, 0) is 13.6 Å². The molecule has 0 atom stereocenters. The van der Waals surface area contributed by atoms with Gasteiger partial charge in [-0.05, 0) is 17.7 Å². The van der Waals surface area contributed by atoms with E-state index in [0.29, 0.717) is 18.0 Å². The molecule has 0 aliphatic carbocycles. The molecular formula is C12H12N4O3. The van der Waals surface area contributed by atoms with Crippen LogP contribution in [0.4, 0.5) is 0 Å². The highest BCUT2D eigenvalue weighted by Crippen LogP contribution is 2.32. The molecule has 0 radical (unpaired) electrons. The van der Waals surface area contributed by atoms with Crippen LogP contribution in [0.15, 0.2) is 24.4 Å². The van der Waals surface area contributed by atoms with Crippen molar-refractivity contribution < 1.29 is 14.3 Å². The van der Waals surface area contributed by atoms with Crippen molar-refractivity contribution in [2.24, 2.45) is 7.05 Å². The fourth-order valence-corrected chi connectivity index (χ4v) is 1.77. The Labute approximate surface area is 109 Å². The summed E-state index contributed by atoms with van der Waals surface area (Å²) < 4.78 is 10.5. The normalized spacial score (nSPS) is 12.5.